The SMILES string of the molecule is COc1cccc(-c2csc(C(=O)NCC3CCN(Cc4ccc(C(C)C)cc4)C3)c2)c1.O=C(O)C(F)(F)F. The topological polar surface area (TPSA) is 78.9 Å². The summed E-state index contributed by atoms with van der Waals surface area (Å²) in [7, 11) is 1.66. The summed E-state index contributed by atoms with van der Waals surface area (Å²) in [4.78, 5) is 24.8. The maximum absolute atomic E-state index is 12.7. The minimum absolute atomic E-state index is 0.0203. The third-order valence-corrected chi connectivity index (χ3v) is 7.37. The van der Waals surface area contributed by atoms with Crippen LogP contribution in [0.1, 0.15) is 47.0 Å². The largest absolute Gasteiger partial charge is 0.497 e. The molecule has 39 heavy (non-hydrogen) atoms. The highest BCUT2D eigenvalue weighted by atomic mass is 32.1. The first-order valence-electron chi connectivity index (χ1n) is 12.6. The molecule has 0 radical (unpaired) electrons. The monoisotopic (exact) mass is 562 g/mol. The lowest BCUT2D eigenvalue weighted by Gasteiger charge is -2.17. The van der Waals surface area contributed by atoms with E-state index in [1.54, 1.807) is 7.11 Å². The fraction of sp³-hybridized carbons (Fsp3) is 0.379. The molecule has 3 aromatic rings. The number of benzene rings is 2. The van der Waals surface area contributed by atoms with Gasteiger partial charge < -0.3 is 15.2 Å². The van der Waals surface area contributed by atoms with E-state index in [1.165, 1.54) is 22.5 Å². The molecule has 0 aliphatic carbocycles. The highest BCUT2D eigenvalue weighted by molar-refractivity contribution is 7.12. The number of carboxylic acids is 1. The zero-order valence-electron chi connectivity index (χ0n) is 22.1. The van der Waals surface area contributed by atoms with Crippen LogP contribution in [0, 0.1) is 5.92 Å². The lowest BCUT2D eigenvalue weighted by Crippen LogP contribution is -2.30. The number of nitrogens with zero attached hydrogens (tertiary/aromatic N) is 1. The number of alkyl halides is 3. The number of carbonyl (C=O) groups is 2. The van der Waals surface area contributed by atoms with Crippen LogP contribution in [0.5, 0.6) is 5.75 Å². The molecule has 1 amide bonds. The van der Waals surface area contributed by atoms with E-state index in [9.17, 15) is 18.0 Å². The second-order valence-corrected chi connectivity index (χ2v) is 10.6. The third-order valence-electron chi connectivity index (χ3n) is 6.44. The van der Waals surface area contributed by atoms with Crippen molar-refractivity contribution in [3.8, 4) is 16.9 Å². The zero-order chi connectivity index (χ0) is 28.6. The smallest absolute Gasteiger partial charge is 0.490 e. The first-order chi connectivity index (χ1) is 18.5. The van der Waals surface area contributed by atoms with Crippen molar-refractivity contribution in [3.63, 3.8) is 0 Å². The van der Waals surface area contributed by atoms with Crippen LogP contribution >= 0.6 is 11.3 Å². The number of aliphatic carboxylic acids is 1. The highest BCUT2D eigenvalue weighted by Crippen LogP contribution is 2.28. The van der Waals surface area contributed by atoms with Crippen LogP contribution in [0.3, 0.4) is 0 Å². The quantitative estimate of drug-likeness (QED) is 0.331. The van der Waals surface area contributed by atoms with Crippen molar-refractivity contribution in [2.75, 3.05) is 26.7 Å². The number of ether oxygens (including phenoxy) is 1. The average molecular weight is 563 g/mol. The van der Waals surface area contributed by atoms with Gasteiger partial charge in [0.1, 0.15) is 5.75 Å². The van der Waals surface area contributed by atoms with Crippen molar-refractivity contribution in [2.24, 2.45) is 5.92 Å². The van der Waals surface area contributed by atoms with Crippen LogP contribution in [-0.2, 0) is 11.3 Å². The second-order valence-electron chi connectivity index (χ2n) is 9.73. The summed E-state index contributed by atoms with van der Waals surface area (Å²) < 4.78 is 37.0. The van der Waals surface area contributed by atoms with Crippen molar-refractivity contribution in [1.82, 2.24) is 10.2 Å². The number of hydrogen-bond acceptors (Lipinski definition) is 5. The Balaban J connectivity index is 0.000000532. The molecule has 2 heterocycles. The number of likely N-dealkylation sites (tertiary alicyclic amines) is 1. The highest BCUT2D eigenvalue weighted by Gasteiger charge is 2.38. The van der Waals surface area contributed by atoms with Gasteiger partial charge in [-0.3, -0.25) is 9.69 Å². The molecule has 4 rings (SSSR count). The molecule has 1 fully saturated rings. The molecule has 1 aliphatic rings. The minimum atomic E-state index is -5.08. The number of carbonyl (C=O) groups excluding carboxylic acids is 1. The Hall–Kier alpha value is -3.37. The molecule has 1 aromatic heterocycles. The van der Waals surface area contributed by atoms with Crippen LogP contribution in [0.25, 0.3) is 11.1 Å². The molecule has 0 spiro atoms. The van der Waals surface area contributed by atoms with Crippen molar-refractivity contribution in [3.05, 3.63) is 76.0 Å². The first kappa shape index (κ1) is 30.2. The third kappa shape index (κ3) is 9.11. The lowest BCUT2D eigenvalue weighted by molar-refractivity contribution is -0.192. The van der Waals surface area contributed by atoms with Gasteiger partial charge in [-0.15, -0.1) is 11.3 Å². The standard InChI is InChI=1S/C27H32N2O2S.C2HF3O2/c1-19(2)22-9-7-20(8-10-22)16-29-12-11-21(17-29)15-28-27(30)26-14-24(18-32-26)23-5-4-6-25(13-23)31-3;3-2(4,5)1(6)7/h4-10,13-14,18-19,21H,11-12,15-17H2,1-3H3,(H,28,30);(H,6,7). The van der Waals surface area contributed by atoms with Gasteiger partial charge in [0, 0.05) is 19.6 Å². The number of nitrogens with one attached hydrogen (secondary N) is 1. The first-order valence-corrected chi connectivity index (χ1v) is 13.5. The number of thiophene rings is 1. The van der Waals surface area contributed by atoms with E-state index in [2.05, 4.69) is 48.3 Å². The van der Waals surface area contributed by atoms with E-state index in [0.717, 1.165) is 54.4 Å². The Morgan fingerprint density at radius 1 is 1.13 bits per heavy atom. The molecule has 6 nitrogen and oxygen atoms in total. The molecule has 10 heteroatoms. The molecule has 1 unspecified atom stereocenters. The van der Waals surface area contributed by atoms with Crippen LogP contribution in [0.2, 0.25) is 0 Å². The Morgan fingerprint density at radius 2 is 1.82 bits per heavy atom. The molecule has 0 saturated carbocycles. The van der Waals surface area contributed by atoms with E-state index < -0.39 is 12.1 Å². The normalized spacial score (nSPS) is 15.5. The molecule has 1 atom stereocenters. The number of carboxylic acid groups (broad SMARTS) is 1. The summed E-state index contributed by atoms with van der Waals surface area (Å²) in [5.74, 6) is -0.841. The van der Waals surface area contributed by atoms with Gasteiger partial charge in [0.25, 0.3) is 5.91 Å². The predicted molar refractivity (Wildman–Crippen MR) is 146 cm³/mol. The summed E-state index contributed by atoms with van der Waals surface area (Å²) in [6.45, 7) is 8.29. The number of amides is 1. The molecule has 1 aliphatic heterocycles. The minimum Gasteiger partial charge on any atom is -0.497 e. The van der Waals surface area contributed by atoms with E-state index in [4.69, 9.17) is 14.6 Å². The van der Waals surface area contributed by atoms with Crippen molar-refractivity contribution in [2.45, 2.75) is 38.9 Å². The number of methoxy groups -OCH3 is 1. The van der Waals surface area contributed by atoms with Gasteiger partial charge in [0.15, 0.2) is 0 Å². The van der Waals surface area contributed by atoms with Gasteiger partial charge in [0.2, 0.25) is 0 Å². The maximum Gasteiger partial charge on any atom is 0.490 e. The van der Waals surface area contributed by atoms with E-state index in [-0.39, 0.29) is 5.91 Å². The van der Waals surface area contributed by atoms with Gasteiger partial charge in [-0.25, -0.2) is 4.79 Å². The predicted octanol–water partition coefficient (Wildman–Crippen LogP) is 6.43. The van der Waals surface area contributed by atoms with E-state index in [1.807, 2.05) is 35.7 Å². The number of halogens is 3. The molecular weight excluding hydrogens is 529 g/mol. The van der Waals surface area contributed by atoms with Gasteiger partial charge >= 0.3 is 12.1 Å². The molecule has 210 valence electrons. The number of rotatable bonds is 8. The second kappa shape index (κ2) is 13.6. The van der Waals surface area contributed by atoms with Crippen molar-refractivity contribution < 1.29 is 32.6 Å². The van der Waals surface area contributed by atoms with Crippen LogP contribution in [0.15, 0.2) is 60.0 Å². The summed E-state index contributed by atoms with van der Waals surface area (Å²) in [6.07, 6.45) is -3.95. The Kier molecular flexibility index (Phi) is 10.5. The lowest BCUT2D eigenvalue weighted by atomic mass is 10.0. The molecule has 1 saturated heterocycles. The van der Waals surface area contributed by atoms with Crippen LogP contribution in [0.4, 0.5) is 13.2 Å². The van der Waals surface area contributed by atoms with Crippen LogP contribution < -0.4 is 10.1 Å². The zero-order valence-corrected chi connectivity index (χ0v) is 22.9. The van der Waals surface area contributed by atoms with E-state index >= 15 is 0 Å². The van der Waals surface area contributed by atoms with Crippen LogP contribution in [-0.4, -0.2) is 54.8 Å². The van der Waals surface area contributed by atoms with Crippen molar-refractivity contribution >= 4 is 23.2 Å². The molecule has 2 N–H and O–H groups in total. The maximum atomic E-state index is 12.7. The number of hydrogen-bond donors (Lipinski definition) is 2. The van der Waals surface area contributed by atoms with Gasteiger partial charge in [-0.1, -0.05) is 50.2 Å². The Labute approximate surface area is 230 Å². The van der Waals surface area contributed by atoms with E-state index in [0.29, 0.717) is 11.8 Å². The van der Waals surface area contributed by atoms with Crippen molar-refractivity contribution in [1.29, 1.82) is 0 Å². The summed E-state index contributed by atoms with van der Waals surface area (Å²) in [6, 6.07) is 18.9. The average Bonchev–Trinajstić information content (AvgIpc) is 3.58. The summed E-state index contributed by atoms with van der Waals surface area (Å²) >= 11 is 1.49. The fourth-order valence-electron chi connectivity index (χ4n) is 4.22. The summed E-state index contributed by atoms with van der Waals surface area (Å²) in [5.41, 5.74) is 4.86. The Morgan fingerprint density at radius 3 is 2.44 bits per heavy atom. The molecular formula is C29H33F3N2O4S. The summed E-state index contributed by atoms with van der Waals surface area (Å²) in [5, 5.41) is 12.3. The fourth-order valence-corrected chi connectivity index (χ4v) is 5.05. The molecule has 0 bridgehead atoms. The Bertz CT molecular complexity index is 1240. The van der Waals surface area contributed by atoms with Gasteiger partial charge in [0.05, 0.1) is 12.0 Å². The van der Waals surface area contributed by atoms with Gasteiger partial charge in [-0.2, -0.15) is 13.2 Å². The molecule has 2 aromatic carbocycles. The van der Waals surface area contributed by atoms with Gasteiger partial charge in [-0.05, 0) is 70.6 Å².